The Bertz CT molecular complexity index is 382. The standard InChI is InChI=1S/C13H15NO2/c1-2-13(8-9-13)14-12(15)16-10-11-6-4-3-5-7-11/h2-7H,1,8-10H2,(H,14,15). The zero-order valence-electron chi connectivity index (χ0n) is 9.11. The molecule has 0 bridgehead atoms. The number of benzene rings is 1. The van der Waals surface area contributed by atoms with Crippen molar-refractivity contribution in [1.82, 2.24) is 5.32 Å². The molecule has 3 nitrogen and oxygen atoms in total. The van der Waals surface area contributed by atoms with Crippen molar-refractivity contribution in [2.75, 3.05) is 0 Å². The maximum Gasteiger partial charge on any atom is 0.408 e. The maximum absolute atomic E-state index is 11.4. The van der Waals surface area contributed by atoms with E-state index in [4.69, 9.17) is 4.74 Å². The molecule has 1 amide bonds. The van der Waals surface area contributed by atoms with Gasteiger partial charge in [0.2, 0.25) is 0 Å². The van der Waals surface area contributed by atoms with Crippen LogP contribution in [0.2, 0.25) is 0 Å². The second kappa shape index (κ2) is 4.39. The molecule has 1 aliphatic rings. The Kier molecular flexibility index (Phi) is 2.95. The van der Waals surface area contributed by atoms with Crippen LogP contribution in [0.15, 0.2) is 43.0 Å². The van der Waals surface area contributed by atoms with Gasteiger partial charge in [0.25, 0.3) is 0 Å². The molecule has 0 atom stereocenters. The Morgan fingerprint density at radius 1 is 1.44 bits per heavy atom. The van der Waals surface area contributed by atoms with Gasteiger partial charge >= 0.3 is 6.09 Å². The summed E-state index contributed by atoms with van der Waals surface area (Å²) in [6.07, 6.45) is 3.31. The van der Waals surface area contributed by atoms with Crippen LogP contribution in [0.5, 0.6) is 0 Å². The summed E-state index contributed by atoms with van der Waals surface area (Å²) in [4.78, 5) is 11.4. The van der Waals surface area contributed by atoms with Crippen LogP contribution in [-0.2, 0) is 11.3 Å². The van der Waals surface area contributed by atoms with Crippen molar-refractivity contribution in [3.63, 3.8) is 0 Å². The van der Waals surface area contributed by atoms with Crippen LogP contribution in [-0.4, -0.2) is 11.6 Å². The molecule has 3 heteroatoms. The summed E-state index contributed by atoms with van der Waals surface area (Å²) in [6, 6.07) is 9.62. The Labute approximate surface area is 95.1 Å². The minimum atomic E-state index is -0.374. The normalized spacial score (nSPS) is 16.2. The third-order valence-corrected chi connectivity index (χ3v) is 2.74. The summed E-state index contributed by atoms with van der Waals surface area (Å²) in [5.41, 5.74) is 0.787. The van der Waals surface area contributed by atoms with Gasteiger partial charge in [0.15, 0.2) is 0 Å². The van der Waals surface area contributed by atoms with Crippen LogP contribution in [0.25, 0.3) is 0 Å². The number of carbonyl (C=O) groups excluding carboxylic acids is 1. The molecule has 0 aromatic heterocycles. The van der Waals surface area contributed by atoms with Gasteiger partial charge < -0.3 is 10.1 Å². The third-order valence-electron chi connectivity index (χ3n) is 2.74. The molecular formula is C13H15NO2. The maximum atomic E-state index is 11.4. The van der Waals surface area contributed by atoms with E-state index in [0.29, 0.717) is 6.61 Å². The first-order chi connectivity index (χ1) is 7.74. The molecular weight excluding hydrogens is 202 g/mol. The van der Waals surface area contributed by atoms with E-state index in [2.05, 4.69) is 11.9 Å². The summed E-state index contributed by atoms with van der Waals surface area (Å²) < 4.78 is 5.11. The van der Waals surface area contributed by atoms with Gasteiger partial charge in [-0.1, -0.05) is 36.4 Å². The van der Waals surface area contributed by atoms with Crippen molar-refractivity contribution in [3.8, 4) is 0 Å². The highest BCUT2D eigenvalue weighted by Crippen LogP contribution is 2.36. The molecule has 0 unspecified atom stereocenters. The van der Waals surface area contributed by atoms with Gasteiger partial charge in [0, 0.05) is 0 Å². The monoisotopic (exact) mass is 217 g/mol. The molecule has 84 valence electrons. The SMILES string of the molecule is C=CC1(NC(=O)OCc2ccccc2)CC1. The van der Waals surface area contributed by atoms with Crippen LogP contribution in [0.4, 0.5) is 4.79 Å². The Hall–Kier alpha value is -1.77. The molecule has 1 aromatic rings. The molecule has 0 aliphatic heterocycles. The van der Waals surface area contributed by atoms with Gasteiger partial charge in [-0.25, -0.2) is 4.79 Å². The third kappa shape index (κ3) is 2.63. The molecule has 1 N–H and O–H groups in total. The minimum Gasteiger partial charge on any atom is -0.445 e. The van der Waals surface area contributed by atoms with Gasteiger partial charge in [-0.15, -0.1) is 6.58 Å². The lowest BCUT2D eigenvalue weighted by Crippen LogP contribution is -2.35. The van der Waals surface area contributed by atoms with E-state index in [0.717, 1.165) is 18.4 Å². The second-order valence-electron chi connectivity index (χ2n) is 4.05. The van der Waals surface area contributed by atoms with Gasteiger partial charge in [-0.3, -0.25) is 0 Å². The molecule has 0 spiro atoms. The fourth-order valence-corrected chi connectivity index (χ4v) is 1.48. The van der Waals surface area contributed by atoms with Crippen LogP contribution in [0, 0.1) is 0 Å². The quantitative estimate of drug-likeness (QED) is 0.787. The number of amides is 1. The zero-order valence-corrected chi connectivity index (χ0v) is 9.11. The lowest BCUT2D eigenvalue weighted by molar-refractivity contribution is 0.136. The topological polar surface area (TPSA) is 38.3 Å². The summed E-state index contributed by atoms with van der Waals surface area (Å²) in [7, 11) is 0. The Balaban J connectivity index is 1.78. The van der Waals surface area contributed by atoms with E-state index in [1.807, 2.05) is 30.3 Å². The van der Waals surface area contributed by atoms with Crippen LogP contribution in [0.1, 0.15) is 18.4 Å². The number of ether oxygens (including phenoxy) is 1. The van der Waals surface area contributed by atoms with Crippen LogP contribution in [0.3, 0.4) is 0 Å². The summed E-state index contributed by atoms with van der Waals surface area (Å²) in [5, 5.41) is 2.81. The summed E-state index contributed by atoms with van der Waals surface area (Å²) in [5.74, 6) is 0. The fraction of sp³-hybridized carbons (Fsp3) is 0.308. The van der Waals surface area contributed by atoms with E-state index in [1.165, 1.54) is 0 Å². The van der Waals surface area contributed by atoms with Crippen LogP contribution >= 0.6 is 0 Å². The number of hydrogen-bond acceptors (Lipinski definition) is 2. The average molecular weight is 217 g/mol. The highest BCUT2D eigenvalue weighted by Gasteiger charge is 2.41. The molecule has 1 saturated carbocycles. The first-order valence-corrected chi connectivity index (χ1v) is 5.37. The molecule has 0 heterocycles. The molecule has 0 radical (unpaired) electrons. The van der Waals surface area contributed by atoms with Gasteiger partial charge in [-0.2, -0.15) is 0 Å². The number of nitrogens with one attached hydrogen (secondary N) is 1. The van der Waals surface area contributed by atoms with Gasteiger partial charge in [0.1, 0.15) is 6.61 Å². The van der Waals surface area contributed by atoms with Crippen molar-refractivity contribution in [3.05, 3.63) is 48.6 Å². The zero-order chi connectivity index (χ0) is 11.4. The second-order valence-corrected chi connectivity index (χ2v) is 4.05. The first kappa shape index (κ1) is 10.7. The number of alkyl carbamates (subject to hydrolysis) is 1. The molecule has 1 fully saturated rings. The van der Waals surface area contributed by atoms with Gasteiger partial charge in [-0.05, 0) is 18.4 Å². The lowest BCUT2D eigenvalue weighted by atomic mass is 10.2. The van der Waals surface area contributed by atoms with Crippen molar-refractivity contribution in [2.45, 2.75) is 25.0 Å². The number of carbonyl (C=O) groups is 1. The first-order valence-electron chi connectivity index (χ1n) is 5.37. The predicted molar refractivity (Wildman–Crippen MR) is 61.9 cm³/mol. The van der Waals surface area contributed by atoms with Crippen molar-refractivity contribution < 1.29 is 9.53 Å². The highest BCUT2D eigenvalue weighted by molar-refractivity contribution is 5.69. The molecule has 2 rings (SSSR count). The average Bonchev–Trinajstić information content (AvgIpc) is 3.08. The van der Waals surface area contributed by atoms with Crippen LogP contribution < -0.4 is 5.32 Å². The minimum absolute atomic E-state index is 0.201. The van der Waals surface area contributed by atoms with E-state index in [9.17, 15) is 4.79 Å². The van der Waals surface area contributed by atoms with Crippen molar-refractivity contribution in [1.29, 1.82) is 0 Å². The van der Waals surface area contributed by atoms with E-state index < -0.39 is 0 Å². The predicted octanol–water partition coefficient (Wildman–Crippen LogP) is 2.63. The molecule has 1 aromatic carbocycles. The Morgan fingerprint density at radius 3 is 2.69 bits per heavy atom. The molecule has 0 saturated heterocycles. The van der Waals surface area contributed by atoms with Crippen molar-refractivity contribution in [2.24, 2.45) is 0 Å². The fourth-order valence-electron chi connectivity index (χ4n) is 1.48. The van der Waals surface area contributed by atoms with Crippen molar-refractivity contribution >= 4 is 6.09 Å². The van der Waals surface area contributed by atoms with E-state index >= 15 is 0 Å². The highest BCUT2D eigenvalue weighted by atomic mass is 16.5. The summed E-state index contributed by atoms with van der Waals surface area (Å²) in [6.45, 7) is 4.00. The van der Waals surface area contributed by atoms with E-state index in [1.54, 1.807) is 6.08 Å². The number of rotatable bonds is 4. The van der Waals surface area contributed by atoms with Gasteiger partial charge in [0.05, 0.1) is 5.54 Å². The Morgan fingerprint density at radius 2 is 2.12 bits per heavy atom. The smallest absolute Gasteiger partial charge is 0.408 e. The van der Waals surface area contributed by atoms with E-state index in [-0.39, 0.29) is 11.6 Å². The summed E-state index contributed by atoms with van der Waals surface area (Å²) >= 11 is 0. The lowest BCUT2D eigenvalue weighted by Gasteiger charge is -2.12. The largest absolute Gasteiger partial charge is 0.445 e. The number of hydrogen-bond donors (Lipinski definition) is 1. The molecule has 16 heavy (non-hydrogen) atoms. The molecule has 1 aliphatic carbocycles.